The third-order valence-electron chi connectivity index (χ3n) is 6.23. The van der Waals surface area contributed by atoms with E-state index < -0.39 is 0 Å². The number of benzene rings is 1. The minimum Gasteiger partial charge on any atom is -0.494 e. The summed E-state index contributed by atoms with van der Waals surface area (Å²) in [5, 5.41) is 0. The van der Waals surface area contributed by atoms with Gasteiger partial charge in [-0.05, 0) is 49.8 Å². The van der Waals surface area contributed by atoms with E-state index in [1.165, 1.54) is 56.9 Å². The number of unbranched alkanes of at least 4 members (excludes halogenated alkanes) is 8. The van der Waals surface area contributed by atoms with Gasteiger partial charge in [-0.25, -0.2) is 0 Å². The maximum atomic E-state index is 12.5. The van der Waals surface area contributed by atoms with Crippen LogP contribution in [0.5, 0.6) is 5.75 Å². The average Bonchev–Trinajstić information content (AvgIpc) is 2.77. The Labute approximate surface area is 184 Å². The van der Waals surface area contributed by atoms with Gasteiger partial charge < -0.3 is 9.47 Å². The van der Waals surface area contributed by atoms with Crippen molar-refractivity contribution in [3.05, 3.63) is 29.8 Å². The molecule has 0 aliphatic heterocycles. The van der Waals surface area contributed by atoms with Gasteiger partial charge in [0.1, 0.15) is 11.9 Å². The zero-order valence-corrected chi connectivity index (χ0v) is 19.5. The molecule has 0 radical (unpaired) electrons. The van der Waals surface area contributed by atoms with E-state index in [1.807, 2.05) is 6.07 Å². The van der Waals surface area contributed by atoms with E-state index >= 15 is 0 Å². The molecule has 2 rings (SSSR count). The molecular formula is C27H44O3. The number of carbonyl (C=O) groups is 1. The summed E-state index contributed by atoms with van der Waals surface area (Å²) in [6, 6.07) is 8.39. The summed E-state index contributed by atoms with van der Waals surface area (Å²) in [7, 11) is 0. The Hall–Kier alpha value is -1.51. The van der Waals surface area contributed by atoms with Gasteiger partial charge in [-0.1, -0.05) is 83.8 Å². The van der Waals surface area contributed by atoms with Crippen LogP contribution in [0.3, 0.4) is 0 Å². The number of rotatable bonds is 15. The minimum atomic E-state index is -0.00627. The van der Waals surface area contributed by atoms with Crippen LogP contribution in [0.25, 0.3) is 0 Å². The second-order valence-electron chi connectivity index (χ2n) is 8.92. The second-order valence-corrected chi connectivity index (χ2v) is 8.92. The van der Waals surface area contributed by atoms with Crippen LogP contribution in [0, 0.1) is 0 Å². The normalized spacial score (nSPS) is 18.9. The molecule has 1 aromatic carbocycles. The largest absolute Gasteiger partial charge is 0.494 e. The lowest BCUT2D eigenvalue weighted by atomic mass is 9.81. The van der Waals surface area contributed by atoms with Gasteiger partial charge in [-0.3, -0.25) is 4.79 Å². The van der Waals surface area contributed by atoms with Crippen LogP contribution in [0.2, 0.25) is 0 Å². The summed E-state index contributed by atoms with van der Waals surface area (Å²) >= 11 is 0. The van der Waals surface area contributed by atoms with Crippen molar-refractivity contribution in [2.24, 2.45) is 0 Å². The first kappa shape index (κ1) is 24.8. The Morgan fingerprint density at radius 1 is 0.900 bits per heavy atom. The number of ether oxygens (including phenoxy) is 2. The molecule has 3 nitrogen and oxygen atoms in total. The standard InChI is InChI=1S/C27H44O3/c1-3-5-6-7-8-9-10-11-12-20-27(28)30-26-19-14-13-18-25(26)23-16-15-17-24(22-23)29-21-4-2/h15-17,22,25-26H,3-14,18-21H2,1-2H3. The van der Waals surface area contributed by atoms with E-state index in [4.69, 9.17) is 9.47 Å². The summed E-state index contributed by atoms with van der Waals surface area (Å²) in [6.45, 7) is 5.12. The Morgan fingerprint density at radius 3 is 2.33 bits per heavy atom. The van der Waals surface area contributed by atoms with Crippen molar-refractivity contribution in [3.8, 4) is 5.75 Å². The van der Waals surface area contributed by atoms with Gasteiger partial charge >= 0.3 is 5.97 Å². The first-order valence-electron chi connectivity index (χ1n) is 12.7. The Balaban J connectivity index is 1.71. The van der Waals surface area contributed by atoms with Crippen molar-refractivity contribution >= 4 is 5.97 Å². The maximum absolute atomic E-state index is 12.5. The summed E-state index contributed by atoms with van der Waals surface area (Å²) in [5.41, 5.74) is 1.25. The van der Waals surface area contributed by atoms with Crippen molar-refractivity contribution in [1.29, 1.82) is 0 Å². The molecule has 1 saturated carbocycles. The van der Waals surface area contributed by atoms with Gasteiger partial charge in [-0.2, -0.15) is 0 Å². The number of hydrogen-bond acceptors (Lipinski definition) is 3. The van der Waals surface area contributed by atoms with Gasteiger partial charge in [0.15, 0.2) is 0 Å². The molecule has 0 saturated heterocycles. The lowest BCUT2D eigenvalue weighted by Crippen LogP contribution is -2.28. The fourth-order valence-corrected chi connectivity index (χ4v) is 4.48. The molecule has 2 atom stereocenters. The number of hydrogen-bond donors (Lipinski definition) is 0. The Morgan fingerprint density at radius 2 is 1.60 bits per heavy atom. The molecule has 0 N–H and O–H groups in total. The molecule has 0 bridgehead atoms. The zero-order valence-electron chi connectivity index (χ0n) is 19.5. The first-order valence-corrected chi connectivity index (χ1v) is 12.7. The molecule has 1 fully saturated rings. The summed E-state index contributed by atoms with van der Waals surface area (Å²) in [5.74, 6) is 1.23. The molecule has 170 valence electrons. The van der Waals surface area contributed by atoms with Gasteiger partial charge in [0, 0.05) is 12.3 Å². The maximum Gasteiger partial charge on any atom is 0.306 e. The van der Waals surface area contributed by atoms with Crippen LogP contribution in [-0.4, -0.2) is 18.7 Å². The van der Waals surface area contributed by atoms with E-state index in [-0.39, 0.29) is 12.1 Å². The molecule has 0 aromatic heterocycles. The lowest BCUT2D eigenvalue weighted by Gasteiger charge is -2.31. The molecule has 3 heteroatoms. The van der Waals surface area contributed by atoms with Crippen molar-refractivity contribution < 1.29 is 14.3 Å². The molecule has 0 heterocycles. The molecule has 1 aliphatic rings. The fraction of sp³-hybridized carbons (Fsp3) is 0.741. The monoisotopic (exact) mass is 416 g/mol. The van der Waals surface area contributed by atoms with E-state index in [9.17, 15) is 4.79 Å². The van der Waals surface area contributed by atoms with Crippen LogP contribution in [0.4, 0.5) is 0 Å². The van der Waals surface area contributed by atoms with Gasteiger partial charge in [-0.15, -0.1) is 0 Å². The zero-order chi connectivity index (χ0) is 21.4. The van der Waals surface area contributed by atoms with E-state index in [1.54, 1.807) is 0 Å². The second kappa shape index (κ2) is 15.3. The predicted molar refractivity (Wildman–Crippen MR) is 125 cm³/mol. The van der Waals surface area contributed by atoms with Crippen LogP contribution >= 0.6 is 0 Å². The van der Waals surface area contributed by atoms with Crippen LogP contribution in [0.15, 0.2) is 24.3 Å². The van der Waals surface area contributed by atoms with Crippen LogP contribution in [0.1, 0.15) is 122 Å². The lowest BCUT2D eigenvalue weighted by molar-refractivity contribution is -0.151. The highest BCUT2D eigenvalue weighted by Crippen LogP contribution is 2.36. The topological polar surface area (TPSA) is 35.5 Å². The van der Waals surface area contributed by atoms with Gasteiger partial charge in [0.05, 0.1) is 6.61 Å². The molecular weight excluding hydrogens is 372 g/mol. The van der Waals surface area contributed by atoms with Crippen molar-refractivity contribution in [3.63, 3.8) is 0 Å². The molecule has 1 aliphatic carbocycles. The molecule has 0 amide bonds. The quantitative estimate of drug-likeness (QED) is 0.215. The minimum absolute atomic E-state index is 0.00627. The predicted octanol–water partition coefficient (Wildman–Crippen LogP) is 7.97. The number of carbonyl (C=O) groups excluding carboxylic acids is 1. The summed E-state index contributed by atoms with van der Waals surface area (Å²) in [4.78, 5) is 12.5. The first-order chi connectivity index (χ1) is 14.7. The highest BCUT2D eigenvalue weighted by molar-refractivity contribution is 5.69. The highest BCUT2D eigenvalue weighted by atomic mass is 16.5. The summed E-state index contributed by atoms with van der Waals surface area (Å²) in [6.07, 6.45) is 17.4. The number of esters is 1. The smallest absolute Gasteiger partial charge is 0.306 e. The highest BCUT2D eigenvalue weighted by Gasteiger charge is 2.29. The van der Waals surface area contributed by atoms with E-state index in [0.717, 1.165) is 50.9 Å². The van der Waals surface area contributed by atoms with Gasteiger partial charge in [0.2, 0.25) is 0 Å². The molecule has 30 heavy (non-hydrogen) atoms. The van der Waals surface area contributed by atoms with E-state index in [0.29, 0.717) is 12.3 Å². The van der Waals surface area contributed by atoms with Crippen molar-refractivity contribution in [2.75, 3.05) is 6.61 Å². The average molecular weight is 417 g/mol. The van der Waals surface area contributed by atoms with Crippen molar-refractivity contribution in [1.82, 2.24) is 0 Å². The molecule has 1 aromatic rings. The Kier molecular flexibility index (Phi) is 12.6. The SMILES string of the molecule is CCCCCCCCCCCC(=O)OC1CCCCC1c1cccc(OCCC)c1. The fourth-order valence-electron chi connectivity index (χ4n) is 4.48. The third kappa shape index (κ3) is 9.53. The van der Waals surface area contributed by atoms with Crippen molar-refractivity contribution in [2.45, 2.75) is 122 Å². The Bertz CT molecular complexity index is 583. The van der Waals surface area contributed by atoms with Crippen LogP contribution < -0.4 is 4.74 Å². The molecule has 2 unspecified atom stereocenters. The van der Waals surface area contributed by atoms with Crippen LogP contribution in [-0.2, 0) is 9.53 Å². The van der Waals surface area contributed by atoms with Gasteiger partial charge in [0.25, 0.3) is 0 Å². The van der Waals surface area contributed by atoms with E-state index in [2.05, 4.69) is 32.0 Å². The third-order valence-corrected chi connectivity index (χ3v) is 6.23. The molecule has 0 spiro atoms. The summed E-state index contributed by atoms with van der Waals surface area (Å²) < 4.78 is 11.8.